The van der Waals surface area contributed by atoms with E-state index in [0.717, 1.165) is 42.7 Å². The number of ketones is 2. The lowest BCUT2D eigenvalue weighted by Crippen LogP contribution is -2.43. The summed E-state index contributed by atoms with van der Waals surface area (Å²) in [5.74, 6) is -1.75. The molecular weight excluding hydrogens is 1020 g/mol. The van der Waals surface area contributed by atoms with E-state index in [-0.39, 0.29) is 122 Å². The number of nitrogens with zero attached hydrogens (tertiary/aromatic N) is 8. The minimum absolute atomic E-state index is 0. The number of aromatic nitrogens is 6. The number of carbonyl (C=O) groups is 4. The largest absolute Gasteiger partial charge is 0.416 e. The van der Waals surface area contributed by atoms with Crippen molar-refractivity contribution < 1.29 is 62.5 Å². The average Bonchev–Trinajstić information content (AvgIpc) is 3.93. The molecule has 72 heavy (non-hydrogen) atoms. The van der Waals surface area contributed by atoms with Gasteiger partial charge in [-0.05, 0) is 85.6 Å². The molecule has 6 aromatic rings. The highest BCUT2D eigenvalue weighted by Crippen LogP contribution is 2.38. The van der Waals surface area contributed by atoms with E-state index in [9.17, 15) is 58.3 Å². The number of rotatable bonds is 12. The van der Waals surface area contributed by atoms with Crippen LogP contribution in [0.25, 0.3) is 0 Å². The molecule has 0 saturated carbocycles. The SMILES string of the molecule is C[C@H]1CN(c2ccc(C(F)(F)F)c(COS(C)(=O)=O)c2)C(=O)c2c(CC(=O)c3cccnc3N)cnn21.C[C@H]1CN(c2ccc(C(F)(F)F)c(C[18F])c2)C(=O)c2c(CC(=O)c3cccnc3N)cnn21.S.S. The molecule has 6 heterocycles. The Morgan fingerprint density at radius 2 is 1.08 bits per heavy atom. The summed E-state index contributed by atoms with van der Waals surface area (Å²) in [4.78, 5) is 62.7. The van der Waals surface area contributed by atoms with Gasteiger partial charge >= 0.3 is 12.4 Å². The van der Waals surface area contributed by atoms with Crippen LogP contribution in [0.2, 0.25) is 0 Å². The highest BCUT2D eigenvalue weighted by molar-refractivity contribution is 7.85. The molecule has 2 aliphatic rings. The smallest absolute Gasteiger partial charge is 0.383 e. The molecule has 2 atom stereocenters. The molecular formula is C45H45F7N10O7S3. The molecule has 0 aliphatic carbocycles. The van der Waals surface area contributed by atoms with Crippen LogP contribution >= 0.6 is 27.0 Å². The third-order valence-corrected chi connectivity index (χ3v) is 11.9. The summed E-state index contributed by atoms with van der Waals surface area (Å²) in [5, 5.41) is 8.47. The molecule has 384 valence electrons. The average molecular weight is 1070 g/mol. The van der Waals surface area contributed by atoms with Crippen LogP contribution in [0.15, 0.2) is 85.5 Å². The number of hydrogen-bond donors (Lipinski definition) is 2. The number of hydrogen-bond acceptors (Lipinski definition) is 13. The Kier molecular flexibility index (Phi) is 17.0. The van der Waals surface area contributed by atoms with Crippen LogP contribution in [-0.2, 0) is 52.8 Å². The third kappa shape index (κ3) is 11.9. The predicted octanol–water partition coefficient (Wildman–Crippen LogP) is 7.22. The van der Waals surface area contributed by atoms with Gasteiger partial charge in [-0.3, -0.25) is 32.7 Å². The zero-order valence-corrected chi connectivity index (χ0v) is 40.9. The normalized spacial score (nSPS) is 15.6. The summed E-state index contributed by atoms with van der Waals surface area (Å²) in [6.45, 7) is 1.55. The van der Waals surface area contributed by atoms with Gasteiger partial charge in [-0.2, -0.15) is 71.9 Å². The number of Topliss-reactive ketones (excluding diaryl/α,β-unsaturated/α-hetero) is 2. The lowest BCUT2D eigenvalue weighted by molar-refractivity contribution is -0.139. The number of carbonyl (C=O) groups excluding carboxylic acids is 4. The molecule has 2 aliphatic heterocycles. The number of halogens is 7. The maximum Gasteiger partial charge on any atom is 0.416 e. The Morgan fingerprint density at radius 1 is 0.681 bits per heavy atom. The van der Waals surface area contributed by atoms with Crippen molar-refractivity contribution in [2.75, 3.05) is 40.6 Å². The van der Waals surface area contributed by atoms with Crippen LogP contribution in [0.3, 0.4) is 0 Å². The van der Waals surface area contributed by atoms with Crippen molar-refractivity contribution in [1.29, 1.82) is 0 Å². The highest BCUT2D eigenvalue weighted by atomic mass is 32.2. The number of amides is 2. The first-order chi connectivity index (χ1) is 32.9. The zero-order valence-electron chi connectivity index (χ0n) is 38.1. The van der Waals surface area contributed by atoms with Crippen molar-refractivity contribution in [3.05, 3.63) is 141 Å². The Balaban J connectivity index is 0.000000262. The van der Waals surface area contributed by atoms with Crippen molar-refractivity contribution in [1.82, 2.24) is 29.5 Å². The number of pyridine rings is 2. The van der Waals surface area contributed by atoms with Gasteiger partial charge in [0.15, 0.2) is 11.6 Å². The minimum Gasteiger partial charge on any atom is -0.383 e. The summed E-state index contributed by atoms with van der Waals surface area (Å²) in [6, 6.07) is 11.4. The topological polar surface area (TPSA) is 232 Å². The maximum absolute atomic E-state index is 13.5. The third-order valence-electron chi connectivity index (χ3n) is 11.3. The van der Waals surface area contributed by atoms with E-state index < -0.39 is 69.8 Å². The van der Waals surface area contributed by atoms with Crippen molar-refractivity contribution in [2.24, 2.45) is 0 Å². The monoisotopic (exact) mass is 1070 g/mol. The molecule has 0 radical (unpaired) electrons. The second-order valence-electron chi connectivity index (χ2n) is 16.3. The van der Waals surface area contributed by atoms with Gasteiger partial charge in [-0.15, -0.1) is 0 Å². The number of anilines is 4. The van der Waals surface area contributed by atoms with Crippen LogP contribution < -0.4 is 21.3 Å². The van der Waals surface area contributed by atoms with E-state index in [0.29, 0.717) is 11.1 Å². The molecule has 4 N–H and O–H groups in total. The van der Waals surface area contributed by atoms with Gasteiger partial charge in [0.25, 0.3) is 21.9 Å². The van der Waals surface area contributed by atoms with E-state index >= 15 is 0 Å². The van der Waals surface area contributed by atoms with E-state index in [4.69, 9.17) is 11.5 Å². The number of nitrogen functional groups attached to an aromatic ring is 2. The summed E-state index contributed by atoms with van der Waals surface area (Å²) < 4.78 is 124. The predicted molar refractivity (Wildman–Crippen MR) is 259 cm³/mol. The number of benzene rings is 2. The fraction of sp³-hybridized carbons (Fsp3) is 0.289. The molecule has 27 heteroatoms. The Labute approximate surface area is 420 Å². The summed E-state index contributed by atoms with van der Waals surface area (Å²) in [6.07, 6.45) is -3.41. The first kappa shape index (κ1) is 56.1. The van der Waals surface area contributed by atoms with Crippen LogP contribution in [0, 0.1) is 0 Å². The minimum atomic E-state index is -4.77. The quantitative estimate of drug-likeness (QED) is 0.0701. The molecule has 0 fully saturated rings. The number of alkyl halides is 7. The lowest BCUT2D eigenvalue weighted by Gasteiger charge is -2.33. The first-order valence-electron chi connectivity index (χ1n) is 20.9. The molecule has 0 bridgehead atoms. The Bertz CT molecular complexity index is 3150. The van der Waals surface area contributed by atoms with Crippen LogP contribution in [0.1, 0.15) is 101 Å². The Morgan fingerprint density at radius 3 is 1.46 bits per heavy atom. The lowest BCUT2D eigenvalue weighted by atomic mass is 10.0. The van der Waals surface area contributed by atoms with Gasteiger partial charge in [0.1, 0.15) is 29.7 Å². The molecule has 2 aromatic carbocycles. The number of nitrogens with two attached hydrogens (primary N) is 2. The van der Waals surface area contributed by atoms with Crippen molar-refractivity contribution in [2.45, 2.75) is 64.4 Å². The van der Waals surface area contributed by atoms with Crippen molar-refractivity contribution in [3.8, 4) is 0 Å². The molecule has 0 saturated heterocycles. The fourth-order valence-corrected chi connectivity index (χ4v) is 8.38. The second-order valence-corrected chi connectivity index (χ2v) is 18.0. The van der Waals surface area contributed by atoms with E-state index in [1.807, 2.05) is 0 Å². The van der Waals surface area contributed by atoms with Gasteiger partial charge in [0.05, 0.1) is 59.6 Å². The van der Waals surface area contributed by atoms with E-state index in [1.165, 1.54) is 56.1 Å². The highest BCUT2D eigenvalue weighted by Gasteiger charge is 2.39. The van der Waals surface area contributed by atoms with Gasteiger partial charge in [0.2, 0.25) is 0 Å². The number of fused-ring (bicyclic) bond motifs is 2. The van der Waals surface area contributed by atoms with Gasteiger partial charge in [-0.1, -0.05) is 0 Å². The summed E-state index contributed by atoms with van der Waals surface area (Å²) in [5.41, 5.74) is 9.96. The zero-order chi connectivity index (χ0) is 51.0. The van der Waals surface area contributed by atoms with Crippen LogP contribution in [-0.4, -0.2) is 80.7 Å². The van der Waals surface area contributed by atoms with Gasteiger partial charge < -0.3 is 21.3 Å². The van der Waals surface area contributed by atoms with Gasteiger partial charge in [-0.25, -0.2) is 14.4 Å². The molecule has 2 amide bonds. The molecule has 0 unspecified atom stereocenters. The second kappa shape index (κ2) is 21.9. The molecule has 8 rings (SSSR count). The summed E-state index contributed by atoms with van der Waals surface area (Å²) in [7, 11) is -4.02. The van der Waals surface area contributed by atoms with Gasteiger partial charge in [0, 0.05) is 60.8 Å². The standard InChI is InChI=1S/C23H22F3N5O5S.C22H19F4N5O2.2H2S/c1-13-11-30(16-5-6-18(23(24,25)26)15(8-16)12-36-37(2,34)35)22(33)20-14(10-29-31(13)20)9-19(32)17-4-3-7-28-21(17)27;1-12-11-30(15-4-5-17(22(24,25)26)13(7-15)9-23)21(33)19-14(10-29-31(12)19)8-18(32)16-3-2-6-28-20(16)27;;/h3-8,10,13H,9,11-12H2,1-2H3,(H2,27,28);2-7,10,12H,8-9,11H2,1H3,(H2,27,28);2*1H2/t13-;12-;;/m00../s1/i;23-1;;. The molecule has 17 nitrogen and oxygen atoms in total. The summed E-state index contributed by atoms with van der Waals surface area (Å²) >= 11 is 0. The van der Waals surface area contributed by atoms with E-state index in [2.05, 4.69) is 24.3 Å². The maximum atomic E-state index is 13.5. The fourth-order valence-electron chi connectivity index (χ4n) is 8.04. The first-order valence-corrected chi connectivity index (χ1v) is 22.7. The van der Waals surface area contributed by atoms with E-state index in [1.54, 1.807) is 26.0 Å². The van der Waals surface area contributed by atoms with Crippen LogP contribution in [0.4, 0.5) is 53.7 Å². The van der Waals surface area contributed by atoms with Crippen molar-refractivity contribution >= 4 is 83.5 Å². The molecule has 0 spiro atoms. The van der Waals surface area contributed by atoms with Crippen molar-refractivity contribution in [3.63, 3.8) is 0 Å². The molecule has 4 aromatic heterocycles. The van der Waals surface area contributed by atoms with Crippen LogP contribution in [0.5, 0.6) is 0 Å². The Hall–Kier alpha value is -6.84.